The van der Waals surface area contributed by atoms with Crippen molar-refractivity contribution in [3.63, 3.8) is 0 Å². The van der Waals surface area contributed by atoms with Gasteiger partial charge < -0.3 is 5.11 Å². The Bertz CT molecular complexity index is 480. The van der Waals surface area contributed by atoms with Crippen LogP contribution in [-0.2, 0) is 10.2 Å². The molecule has 2 aliphatic carbocycles. The first-order valence-electron chi connectivity index (χ1n) is 8.07. The number of hydrogen-bond acceptors (Lipinski definition) is 1. The van der Waals surface area contributed by atoms with Crippen LogP contribution in [-0.4, -0.2) is 11.1 Å². The number of carboxylic acid groups (broad SMARTS) is 1. The predicted octanol–water partition coefficient (Wildman–Crippen LogP) is 4.63. The minimum absolute atomic E-state index is 0.580. The molecule has 3 rings (SSSR count). The number of carbonyl (C=O) groups is 1. The highest BCUT2D eigenvalue weighted by Crippen LogP contribution is 2.46. The van der Waals surface area contributed by atoms with Crippen molar-refractivity contribution >= 4 is 5.97 Å². The van der Waals surface area contributed by atoms with Crippen molar-refractivity contribution in [2.45, 2.75) is 69.1 Å². The Morgan fingerprint density at radius 1 is 1.00 bits per heavy atom. The van der Waals surface area contributed by atoms with E-state index < -0.39 is 11.4 Å². The van der Waals surface area contributed by atoms with Gasteiger partial charge in [0.1, 0.15) is 0 Å². The molecule has 2 heteroatoms. The third kappa shape index (κ3) is 2.25. The molecule has 0 atom stereocenters. The number of benzene rings is 1. The number of hydrogen-bond donors (Lipinski definition) is 1. The van der Waals surface area contributed by atoms with Crippen molar-refractivity contribution in [2.24, 2.45) is 0 Å². The maximum Gasteiger partial charge on any atom is 0.314 e. The lowest BCUT2D eigenvalue weighted by atomic mass is 9.72. The standard InChI is InChI=1S/C18H24O2/c19-17(20)18(12-6-7-13-18)16-11-5-4-10-15(16)14-8-2-1-3-9-14/h4-5,10-11,14H,1-3,6-9,12-13H2,(H,19,20). The Kier molecular flexibility index (Phi) is 3.82. The molecule has 0 heterocycles. The monoisotopic (exact) mass is 272 g/mol. The van der Waals surface area contributed by atoms with Gasteiger partial charge in [-0.05, 0) is 42.7 Å². The maximum atomic E-state index is 12.0. The summed E-state index contributed by atoms with van der Waals surface area (Å²) >= 11 is 0. The highest BCUT2D eigenvalue weighted by atomic mass is 16.4. The van der Waals surface area contributed by atoms with E-state index in [-0.39, 0.29) is 0 Å². The summed E-state index contributed by atoms with van der Waals surface area (Å²) in [4.78, 5) is 12.0. The minimum Gasteiger partial charge on any atom is -0.481 e. The molecule has 0 unspecified atom stereocenters. The smallest absolute Gasteiger partial charge is 0.314 e. The van der Waals surface area contributed by atoms with Gasteiger partial charge in [-0.1, -0.05) is 56.4 Å². The van der Waals surface area contributed by atoms with Crippen LogP contribution in [0.25, 0.3) is 0 Å². The minimum atomic E-state index is -0.613. The van der Waals surface area contributed by atoms with Crippen LogP contribution < -0.4 is 0 Å². The molecule has 0 spiro atoms. The predicted molar refractivity (Wildman–Crippen MR) is 80.0 cm³/mol. The van der Waals surface area contributed by atoms with Gasteiger partial charge >= 0.3 is 5.97 Å². The quantitative estimate of drug-likeness (QED) is 0.871. The van der Waals surface area contributed by atoms with Gasteiger partial charge in [0, 0.05) is 0 Å². The average Bonchev–Trinajstić information content (AvgIpc) is 2.99. The Balaban J connectivity index is 2.02. The van der Waals surface area contributed by atoms with Gasteiger partial charge in [0.15, 0.2) is 0 Å². The van der Waals surface area contributed by atoms with Crippen molar-refractivity contribution in [1.29, 1.82) is 0 Å². The third-order valence-electron chi connectivity index (χ3n) is 5.39. The van der Waals surface area contributed by atoms with Crippen molar-refractivity contribution in [3.8, 4) is 0 Å². The van der Waals surface area contributed by atoms with E-state index in [1.54, 1.807) is 0 Å². The van der Waals surface area contributed by atoms with Crippen LogP contribution >= 0.6 is 0 Å². The summed E-state index contributed by atoms with van der Waals surface area (Å²) in [5.41, 5.74) is 1.85. The normalized spacial score (nSPS) is 22.8. The zero-order valence-electron chi connectivity index (χ0n) is 12.1. The Morgan fingerprint density at radius 2 is 1.65 bits per heavy atom. The van der Waals surface area contributed by atoms with Crippen molar-refractivity contribution in [2.75, 3.05) is 0 Å². The molecule has 0 aliphatic heterocycles. The van der Waals surface area contributed by atoms with E-state index in [0.29, 0.717) is 5.92 Å². The second kappa shape index (κ2) is 5.59. The fraction of sp³-hybridized carbons (Fsp3) is 0.611. The van der Waals surface area contributed by atoms with Gasteiger partial charge in [0.05, 0.1) is 5.41 Å². The van der Waals surface area contributed by atoms with Crippen LogP contribution in [0, 0.1) is 0 Å². The van der Waals surface area contributed by atoms with Crippen molar-refractivity contribution < 1.29 is 9.90 Å². The first-order chi connectivity index (χ1) is 9.74. The Hall–Kier alpha value is -1.31. The lowest BCUT2D eigenvalue weighted by Crippen LogP contribution is -2.34. The largest absolute Gasteiger partial charge is 0.481 e. The average molecular weight is 272 g/mol. The number of aliphatic carboxylic acids is 1. The molecule has 0 aromatic heterocycles. The summed E-state index contributed by atoms with van der Waals surface area (Å²) in [5, 5.41) is 9.84. The molecule has 1 aromatic carbocycles. The molecule has 108 valence electrons. The third-order valence-corrected chi connectivity index (χ3v) is 5.39. The second-order valence-electron chi connectivity index (χ2n) is 6.52. The lowest BCUT2D eigenvalue weighted by molar-refractivity contribution is -0.143. The van der Waals surface area contributed by atoms with E-state index in [1.165, 1.54) is 37.7 Å². The Labute approximate surface area is 121 Å². The van der Waals surface area contributed by atoms with E-state index in [4.69, 9.17) is 0 Å². The summed E-state index contributed by atoms with van der Waals surface area (Å²) in [6.07, 6.45) is 10.1. The first kappa shape index (κ1) is 13.7. The van der Waals surface area contributed by atoms with Crippen LogP contribution in [0.2, 0.25) is 0 Å². The molecule has 1 N–H and O–H groups in total. The molecule has 2 saturated carbocycles. The lowest BCUT2D eigenvalue weighted by Gasteiger charge is -2.31. The van der Waals surface area contributed by atoms with Gasteiger partial charge in [0.2, 0.25) is 0 Å². The summed E-state index contributed by atoms with van der Waals surface area (Å²) < 4.78 is 0. The zero-order valence-corrected chi connectivity index (χ0v) is 12.1. The van der Waals surface area contributed by atoms with E-state index in [1.807, 2.05) is 6.07 Å². The molecule has 0 radical (unpaired) electrons. The summed E-state index contributed by atoms with van der Waals surface area (Å²) in [5.74, 6) is -0.0324. The van der Waals surface area contributed by atoms with Gasteiger partial charge in [0.25, 0.3) is 0 Å². The topological polar surface area (TPSA) is 37.3 Å². The molecule has 0 bridgehead atoms. The molecule has 0 saturated heterocycles. The van der Waals surface area contributed by atoms with E-state index in [9.17, 15) is 9.90 Å². The SMILES string of the molecule is O=C(O)C1(c2ccccc2C2CCCCC2)CCCC1. The molecule has 2 aliphatic rings. The van der Waals surface area contributed by atoms with Crippen molar-refractivity contribution in [3.05, 3.63) is 35.4 Å². The summed E-state index contributed by atoms with van der Waals surface area (Å²) in [6, 6.07) is 8.38. The molecular formula is C18H24O2. The molecule has 2 fully saturated rings. The molecular weight excluding hydrogens is 248 g/mol. The molecule has 0 amide bonds. The van der Waals surface area contributed by atoms with E-state index >= 15 is 0 Å². The first-order valence-corrected chi connectivity index (χ1v) is 8.07. The van der Waals surface area contributed by atoms with Crippen LogP contribution in [0.4, 0.5) is 0 Å². The van der Waals surface area contributed by atoms with E-state index in [0.717, 1.165) is 31.2 Å². The van der Waals surface area contributed by atoms with Gasteiger partial charge in [-0.15, -0.1) is 0 Å². The summed E-state index contributed by atoms with van der Waals surface area (Å²) in [6.45, 7) is 0. The number of rotatable bonds is 3. The molecule has 2 nitrogen and oxygen atoms in total. The fourth-order valence-electron chi connectivity index (χ4n) is 4.28. The van der Waals surface area contributed by atoms with Crippen LogP contribution in [0.5, 0.6) is 0 Å². The fourth-order valence-corrected chi connectivity index (χ4v) is 4.28. The highest BCUT2D eigenvalue weighted by Gasteiger charge is 2.44. The molecule has 20 heavy (non-hydrogen) atoms. The number of carboxylic acids is 1. The van der Waals surface area contributed by atoms with E-state index in [2.05, 4.69) is 18.2 Å². The van der Waals surface area contributed by atoms with Gasteiger partial charge in [-0.25, -0.2) is 0 Å². The molecule has 1 aromatic rings. The van der Waals surface area contributed by atoms with Crippen molar-refractivity contribution in [1.82, 2.24) is 0 Å². The van der Waals surface area contributed by atoms with Crippen LogP contribution in [0.15, 0.2) is 24.3 Å². The summed E-state index contributed by atoms with van der Waals surface area (Å²) in [7, 11) is 0. The van der Waals surface area contributed by atoms with Gasteiger partial charge in [-0.2, -0.15) is 0 Å². The Morgan fingerprint density at radius 3 is 2.30 bits per heavy atom. The maximum absolute atomic E-state index is 12.0. The van der Waals surface area contributed by atoms with Gasteiger partial charge in [-0.3, -0.25) is 4.79 Å². The zero-order chi connectivity index (χ0) is 14.0. The highest BCUT2D eigenvalue weighted by molar-refractivity contribution is 5.82. The van der Waals surface area contributed by atoms with Crippen LogP contribution in [0.1, 0.15) is 74.8 Å². The van der Waals surface area contributed by atoms with Crippen LogP contribution in [0.3, 0.4) is 0 Å². The second-order valence-corrected chi connectivity index (χ2v) is 6.52.